The molecule has 3 nitrogen and oxygen atoms in total. The molecule has 0 saturated heterocycles. The Kier molecular flexibility index (Phi) is 5.15. The maximum Gasteiger partial charge on any atom is 0.0445 e. The summed E-state index contributed by atoms with van der Waals surface area (Å²) in [6.07, 6.45) is 1.96. The van der Waals surface area contributed by atoms with E-state index in [1.807, 2.05) is 20.2 Å². The first-order chi connectivity index (χ1) is 9.60. The summed E-state index contributed by atoms with van der Waals surface area (Å²) in [6.45, 7) is 3.74. The van der Waals surface area contributed by atoms with Gasteiger partial charge in [-0.3, -0.25) is 4.98 Å². The molecule has 4 heteroatoms. The molecule has 1 aromatic carbocycles. The van der Waals surface area contributed by atoms with Crippen molar-refractivity contribution in [3.05, 3.63) is 57.8 Å². The second-order valence-electron chi connectivity index (χ2n) is 4.97. The lowest BCUT2D eigenvalue weighted by Gasteiger charge is -2.23. The number of hydrogen-bond acceptors (Lipinski definition) is 3. The third-order valence-electron chi connectivity index (χ3n) is 3.21. The van der Waals surface area contributed by atoms with Crippen LogP contribution in [0.2, 0.25) is 0 Å². The summed E-state index contributed by atoms with van der Waals surface area (Å²) in [5.41, 5.74) is 4.79. The lowest BCUT2D eigenvalue weighted by Crippen LogP contribution is -2.20. The van der Waals surface area contributed by atoms with Crippen molar-refractivity contribution in [1.29, 1.82) is 0 Å². The topological polar surface area (TPSA) is 28.2 Å². The Morgan fingerprint density at radius 1 is 1.25 bits per heavy atom. The molecule has 0 aliphatic carbocycles. The number of nitrogens with zero attached hydrogens (tertiary/aromatic N) is 2. The van der Waals surface area contributed by atoms with E-state index in [-0.39, 0.29) is 0 Å². The third-order valence-corrected chi connectivity index (χ3v) is 3.74. The summed E-state index contributed by atoms with van der Waals surface area (Å²) in [5.74, 6) is 0. The monoisotopic (exact) mass is 333 g/mol. The van der Waals surface area contributed by atoms with Crippen LogP contribution in [-0.2, 0) is 13.1 Å². The van der Waals surface area contributed by atoms with E-state index in [0.717, 1.165) is 23.3 Å². The van der Waals surface area contributed by atoms with Crippen LogP contribution < -0.4 is 10.2 Å². The van der Waals surface area contributed by atoms with Crippen LogP contribution in [0, 0.1) is 6.92 Å². The molecule has 20 heavy (non-hydrogen) atoms. The zero-order valence-electron chi connectivity index (χ0n) is 12.2. The highest BCUT2D eigenvalue weighted by molar-refractivity contribution is 9.10. The Morgan fingerprint density at radius 3 is 2.60 bits per heavy atom. The van der Waals surface area contributed by atoms with E-state index >= 15 is 0 Å². The van der Waals surface area contributed by atoms with Gasteiger partial charge in [-0.2, -0.15) is 0 Å². The van der Waals surface area contributed by atoms with Gasteiger partial charge in [-0.05, 0) is 37.7 Å². The van der Waals surface area contributed by atoms with Gasteiger partial charge < -0.3 is 10.2 Å². The highest BCUT2D eigenvalue weighted by Crippen LogP contribution is 2.22. The second-order valence-corrected chi connectivity index (χ2v) is 5.88. The minimum atomic E-state index is 0.827. The maximum atomic E-state index is 4.39. The summed E-state index contributed by atoms with van der Waals surface area (Å²) < 4.78 is 1.11. The van der Waals surface area contributed by atoms with Gasteiger partial charge in [0.15, 0.2) is 0 Å². The Hall–Kier alpha value is -1.39. The van der Waals surface area contributed by atoms with Crippen LogP contribution in [0.1, 0.15) is 16.8 Å². The fourth-order valence-electron chi connectivity index (χ4n) is 2.20. The lowest BCUT2D eigenvalue weighted by molar-refractivity contribution is 0.798. The van der Waals surface area contributed by atoms with Crippen LogP contribution in [0.15, 0.2) is 41.0 Å². The maximum absolute atomic E-state index is 4.39. The van der Waals surface area contributed by atoms with Gasteiger partial charge in [0.1, 0.15) is 0 Å². The number of anilines is 1. The van der Waals surface area contributed by atoms with Gasteiger partial charge in [0.05, 0.1) is 0 Å². The molecule has 0 spiro atoms. The van der Waals surface area contributed by atoms with Crippen molar-refractivity contribution in [2.75, 3.05) is 19.0 Å². The molecule has 0 radical (unpaired) electrons. The summed E-state index contributed by atoms with van der Waals surface area (Å²) >= 11 is 3.47. The fraction of sp³-hybridized carbons (Fsp3) is 0.312. The van der Waals surface area contributed by atoms with Crippen LogP contribution in [0.3, 0.4) is 0 Å². The van der Waals surface area contributed by atoms with Crippen molar-refractivity contribution < 1.29 is 0 Å². The van der Waals surface area contributed by atoms with Gasteiger partial charge in [-0.15, -0.1) is 0 Å². The van der Waals surface area contributed by atoms with Crippen LogP contribution in [-0.4, -0.2) is 19.1 Å². The predicted octanol–water partition coefficient (Wildman–Crippen LogP) is 3.51. The highest BCUT2D eigenvalue weighted by Gasteiger charge is 2.09. The first-order valence-electron chi connectivity index (χ1n) is 6.66. The SMILES string of the molecule is CNCc1cnc(C)cc1N(C)Cc1ccc(Br)cc1. The molecule has 1 N–H and O–H groups in total. The normalized spacial score (nSPS) is 10.6. The number of aryl methyl sites for hydroxylation is 1. The molecule has 0 unspecified atom stereocenters. The van der Waals surface area contributed by atoms with E-state index in [9.17, 15) is 0 Å². The van der Waals surface area contributed by atoms with Crippen molar-refractivity contribution in [2.24, 2.45) is 0 Å². The molecule has 0 aliphatic rings. The number of rotatable bonds is 5. The summed E-state index contributed by atoms with van der Waals surface area (Å²) in [6, 6.07) is 10.6. The second kappa shape index (κ2) is 6.86. The van der Waals surface area contributed by atoms with Crippen molar-refractivity contribution in [1.82, 2.24) is 10.3 Å². The molecule has 0 saturated carbocycles. The smallest absolute Gasteiger partial charge is 0.0445 e. The quantitative estimate of drug-likeness (QED) is 0.907. The molecule has 0 atom stereocenters. The van der Waals surface area contributed by atoms with Crippen molar-refractivity contribution in [2.45, 2.75) is 20.0 Å². The molecule has 0 amide bonds. The standard InChI is InChI=1S/C16H20BrN3/c1-12-8-16(14(9-18-2)10-19-12)20(3)11-13-4-6-15(17)7-5-13/h4-8,10,18H,9,11H2,1-3H3. The van der Waals surface area contributed by atoms with E-state index in [0.29, 0.717) is 0 Å². The molecule has 1 aromatic heterocycles. The molecule has 2 rings (SSSR count). The van der Waals surface area contributed by atoms with Gasteiger partial charge in [-0.1, -0.05) is 28.1 Å². The van der Waals surface area contributed by atoms with E-state index in [2.05, 4.69) is 68.5 Å². The Morgan fingerprint density at radius 2 is 1.95 bits per heavy atom. The van der Waals surface area contributed by atoms with E-state index < -0.39 is 0 Å². The summed E-state index contributed by atoms with van der Waals surface area (Å²) in [5, 5.41) is 3.20. The number of nitrogens with one attached hydrogen (secondary N) is 1. The number of aromatic nitrogens is 1. The molecule has 2 aromatic rings. The molecule has 1 heterocycles. The fourth-order valence-corrected chi connectivity index (χ4v) is 2.47. The van der Waals surface area contributed by atoms with Gasteiger partial charge >= 0.3 is 0 Å². The Labute approximate surface area is 129 Å². The molecule has 0 fully saturated rings. The predicted molar refractivity (Wildman–Crippen MR) is 88.0 cm³/mol. The summed E-state index contributed by atoms with van der Waals surface area (Å²) in [7, 11) is 4.08. The van der Waals surface area contributed by atoms with Crippen LogP contribution in [0.5, 0.6) is 0 Å². The molecule has 106 valence electrons. The number of hydrogen-bond donors (Lipinski definition) is 1. The van der Waals surface area contributed by atoms with Gasteiger partial charge in [0, 0.05) is 47.8 Å². The van der Waals surface area contributed by atoms with Crippen molar-refractivity contribution in [3.8, 4) is 0 Å². The van der Waals surface area contributed by atoms with Gasteiger partial charge in [0.2, 0.25) is 0 Å². The number of pyridine rings is 1. The van der Waals surface area contributed by atoms with Crippen LogP contribution in [0.4, 0.5) is 5.69 Å². The minimum absolute atomic E-state index is 0.827. The van der Waals surface area contributed by atoms with Crippen LogP contribution >= 0.6 is 15.9 Å². The molecule has 0 aliphatic heterocycles. The largest absolute Gasteiger partial charge is 0.370 e. The first kappa shape index (κ1) is 15.0. The molecule has 0 bridgehead atoms. The zero-order chi connectivity index (χ0) is 14.5. The summed E-state index contributed by atoms with van der Waals surface area (Å²) in [4.78, 5) is 6.66. The average Bonchev–Trinajstić information content (AvgIpc) is 2.43. The lowest BCUT2D eigenvalue weighted by atomic mass is 10.1. The first-order valence-corrected chi connectivity index (χ1v) is 7.45. The average molecular weight is 334 g/mol. The van der Waals surface area contributed by atoms with Gasteiger partial charge in [-0.25, -0.2) is 0 Å². The number of halogens is 1. The van der Waals surface area contributed by atoms with E-state index in [1.54, 1.807) is 0 Å². The van der Waals surface area contributed by atoms with Crippen molar-refractivity contribution >= 4 is 21.6 Å². The van der Waals surface area contributed by atoms with E-state index in [1.165, 1.54) is 16.8 Å². The highest BCUT2D eigenvalue weighted by atomic mass is 79.9. The van der Waals surface area contributed by atoms with E-state index in [4.69, 9.17) is 0 Å². The van der Waals surface area contributed by atoms with Crippen molar-refractivity contribution in [3.63, 3.8) is 0 Å². The number of benzene rings is 1. The Bertz CT molecular complexity index is 566. The molecular weight excluding hydrogens is 314 g/mol. The zero-order valence-corrected chi connectivity index (χ0v) is 13.7. The van der Waals surface area contributed by atoms with Crippen LogP contribution in [0.25, 0.3) is 0 Å². The molecular formula is C16H20BrN3. The Balaban J connectivity index is 2.21. The minimum Gasteiger partial charge on any atom is -0.370 e. The van der Waals surface area contributed by atoms with Gasteiger partial charge in [0.25, 0.3) is 0 Å². The third kappa shape index (κ3) is 3.81.